The maximum Gasteiger partial charge on any atom is 0.243 e. The van der Waals surface area contributed by atoms with Gasteiger partial charge in [0, 0.05) is 20.1 Å². The maximum absolute atomic E-state index is 13.3. The lowest BCUT2D eigenvalue weighted by atomic mass is 10.1. The molecule has 2 amide bonds. The zero-order valence-electron chi connectivity index (χ0n) is 19.8. The number of likely N-dealkylation sites (N-methyl/N-ethyl adjacent to an activating group) is 2. The molecule has 0 unspecified atom stereocenters. The van der Waals surface area contributed by atoms with Crippen molar-refractivity contribution >= 4 is 32.6 Å². The summed E-state index contributed by atoms with van der Waals surface area (Å²) >= 11 is 0. The van der Waals surface area contributed by atoms with E-state index in [0.717, 1.165) is 20.6 Å². The SMILES string of the molecule is CCNC(=O)[C@@H](C)N(CCc1ccccc1)C(=O)CN(C)S(=O)(=O)c1ccc2ccccc2c1. The van der Waals surface area contributed by atoms with E-state index in [2.05, 4.69) is 5.32 Å². The van der Waals surface area contributed by atoms with E-state index in [9.17, 15) is 18.0 Å². The normalized spacial score (nSPS) is 12.5. The lowest BCUT2D eigenvalue weighted by Crippen LogP contribution is -2.51. The number of amides is 2. The van der Waals surface area contributed by atoms with Crippen LogP contribution in [0.2, 0.25) is 0 Å². The Morgan fingerprint density at radius 2 is 1.59 bits per heavy atom. The zero-order chi connectivity index (χ0) is 24.7. The number of sulfonamides is 1. The summed E-state index contributed by atoms with van der Waals surface area (Å²) in [6.07, 6.45) is 0.553. The van der Waals surface area contributed by atoms with Crippen LogP contribution in [0.15, 0.2) is 77.7 Å². The van der Waals surface area contributed by atoms with Gasteiger partial charge in [-0.3, -0.25) is 9.59 Å². The second-order valence-electron chi connectivity index (χ2n) is 8.16. The molecule has 0 aliphatic heterocycles. The van der Waals surface area contributed by atoms with Gasteiger partial charge in [0.2, 0.25) is 21.8 Å². The van der Waals surface area contributed by atoms with Crippen LogP contribution in [0.25, 0.3) is 10.8 Å². The number of nitrogens with zero attached hydrogens (tertiary/aromatic N) is 2. The van der Waals surface area contributed by atoms with Crippen molar-refractivity contribution in [1.82, 2.24) is 14.5 Å². The third-order valence-corrected chi connectivity index (χ3v) is 7.59. The third kappa shape index (κ3) is 6.01. The van der Waals surface area contributed by atoms with Crippen LogP contribution in [0.3, 0.4) is 0 Å². The molecule has 3 rings (SSSR count). The fraction of sp³-hybridized carbons (Fsp3) is 0.308. The summed E-state index contributed by atoms with van der Waals surface area (Å²) in [6, 6.07) is 21.3. The first-order valence-electron chi connectivity index (χ1n) is 11.3. The summed E-state index contributed by atoms with van der Waals surface area (Å²) in [5, 5.41) is 4.48. The molecule has 0 aliphatic rings. The molecule has 0 saturated heterocycles. The maximum atomic E-state index is 13.3. The molecule has 0 radical (unpaired) electrons. The highest BCUT2D eigenvalue weighted by atomic mass is 32.2. The Balaban J connectivity index is 1.79. The number of fused-ring (bicyclic) bond motifs is 1. The summed E-state index contributed by atoms with van der Waals surface area (Å²) in [6.45, 7) is 3.84. The summed E-state index contributed by atoms with van der Waals surface area (Å²) in [5.74, 6) is -0.703. The predicted octanol–water partition coefficient (Wildman–Crippen LogP) is 3.06. The Bertz CT molecular complexity index is 1250. The summed E-state index contributed by atoms with van der Waals surface area (Å²) in [5.41, 5.74) is 1.03. The number of hydrogen-bond donors (Lipinski definition) is 1. The lowest BCUT2D eigenvalue weighted by molar-refractivity contribution is -0.139. The van der Waals surface area contributed by atoms with Crippen LogP contribution < -0.4 is 5.32 Å². The van der Waals surface area contributed by atoms with Gasteiger partial charge in [-0.25, -0.2) is 8.42 Å². The van der Waals surface area contributed by atoms with Gasteiger partial charge in [-0.05, 0) is 48.7 Å². The van der Waals surface area contributed by atoms with Gasteiger partial charge >= 0.3 is 0 Å². The Hall–Kier alpha value is -3.23. The molecule has 8 heteroatoms. The Labute approximate surface area is 201 Å². The van der Waals surface area contributed by atoms with Crippen LogP contribution >= 0.6 is 0 Å². The average Bonchev–Trinajstić information content (AvgIpc) is 2.84. The number of rotatable bonds is 10. The van der Waals surface area contributed by atoms with Crippen LogP contribution in [0.4, 0.5) is 0 Å². The van der Waals surface area contributed by atoms with E-state index in [1.165, 1.54) is 11.9 Å². The van der Waals surface area contributed by atoms with Crippen LogP contribution in [0.1, 0.15) is 19.4 Å². The Kier molecular flexibility index (Phi) is 8.41. The van der Waals surface area contributed by atoms with Gasteiger partial charge in [0.15, 0.2) is 0 Å². The minimum absolute atomic E-state index is 0.120. The highest BCUT2D eigenvalue weighted by Crippen LogP contribution is 2.21. The molecule has 0 aromatic heterocycles. The van der Waals surface area contributed by atoms with Crippen molar-refractivity contribution in [1.29, 1.82) is 0 Å². The molecule has 3 aromatic carbocycles. The summed E-state index contributed by atoms with van der Waals surface area (Å²) in [7, 11) is -2.51. The second kappa shape index (κ2) is 11.3. The van der Waals surface area contributed by atoms with E-state index in [1.807, 2.05) is 61.5 Å². The lowest BCUT2D eigenvalue weighted by Gasteiger charge is -2.30. The van der Waals surface area contributed by atoms with Crippen molar-refractivity contribution in [2.24, 2.45) is 0 Å². The van der Waals surface area contributed by atoms with Gasteiger partial charge in [-0.15, -0.1) is 0 Å². The highest BCUT2D eigenvalue weighted by molar-refractivity contribution is 7.89. The van der Waals surface area contributed by atoms with Crippen molar-refractivity contribution in [2.45, 2.75) is 31.2 Å². The largest absolute Gasteiger partial charge is 0.355 e. The molecule has 3 aromatic rings. The first-order valence-corrected chi connectivity index (χ1v) is 12.7. The van der Waals surface area contributed by atoms with Crippen LogP contribution in [0, 0.1) is 0 Å². The smallest absolute Gasteiger partial charge is 0.243 e. The van der Waals surface area contributed by atoms with Crippen molar-refractivity contribution in [3.05, 3.63) is 78.4 Å². The van der Waals surface area contributed by atoms with Gasteiger partial charge < -0.3 is 10.2 Å². The number of carbonyl (C=O) groups excluding carboxylic acids is 2. The minimum Gasteiger partial charge on any atom is -0.355 e. The van der Waals surface area contributed by atoms with E-state index >= 15 is 0 Å². The molecule has 0 heterocycles. The predicted molar refractivity (Wildman–Crippen MR) is 134 cm³/mol. The third-order valence-electron chi connectivity index (χ3n) is 5.79. The van der Waals surface area contributed by atoms with Crippen molar-refractivity contribution in [2.75, 3.05) is 26.7 Å². The molecular weight excluding hydrogens is 450 g/mol. The zero-order valence-corrected chi connectivity index (χ0v) is 20.6. The Morgan fingerprint density at radius 1 is 0.941 bits per heavy atom. The van der Waals surface area contributed by atoms with Crippen LogP contribution in [0.5, 0.6) is 0 Å². The molecule has 0 aliphatic carbocycles. The molecule has 0 fully saturated rings. The Morgan fingerprint density at radius 3 is 2.26 bits per heavy atom. The quantitative estimate of drug-likeness (QED) is 0.482. The molecule has 1 N–H and O–H groups in total. The van der Waals surface area contributed by atoms with E-state index < -0.39 is 22.0 Å². The average molecular weight is 482 g/mol. The number of nitrogens with one attached hydrogen (secondary N) is 1. The molecule has 180 valence electrons. The fourth-order valence-corrected chi connectivity index (χ4v) is 4.92. The first-order chi connectivity index (χ1) is 16.2. The topological polar surface area (TPSA) is 86.8 Å². The van der Waals surface area contributed by atoms with Crippen LogP contribution in [-0.2, 0) is 26.0 Å². The van der Waals surface area contributed by atoms with E-state index in [1.54, 1.807) is 25.1 Å². The monoisotopic (exact) mass is 481 g/mol. The molecule has 0 saturated carbocycles. The van der Waals surface area contributed by atoms with Gasteiger partial charge in [-0.2, -0.15) is 4.31 Å². The standard InChI is InChI=1S/C26H31N3O4S/c1-4-27-26(31)20(2)29(17-16-21-10-6-5-7-11-21)25(30)19-28(3)34(32,33)24-15-14-22-12-8-9-13-23(22)18-24/h5-15,18,20H,4,16-17,19H2,1-3H3,(H,27,31)/t20-/m1/s1. The summed E-state index contributed by atoms with van der Waals surface area (Å²) in [4.78, 5) is 27.3. The van der Waals surface area contributed by atoms with Crippen molar-refractivity contribution < 1.29 is 18.0 Å². The van der Waals surface area contributed by atoms with Gasteiger partial charge in [-0.1, -0.05) is 60.7 Å². The highest BCUT2D eigenvalue weighted by Gasteiger charge is 2.29. The molecule has 34 heavy (non-hydrogen) atoms. The van der Waals surface area contributed by atoms with E-state index in [4.69, 9.17) is 0 Å². The molecule has 0 spiro atoms. The number of hydrogen-bond acceptors (Lipinski definition) is 4. The van der Waals surface area contributed by atoms with Crippen molar-refractivity contribution in [3.8, 4) is 0 Å². The number of carbonyl (C=O) groups is 2. The van der Waals surface area contributed by atoms with Crippen LogP contribution in [-0.4, -0.2) is 62.2 Å². The summed E-state index contributed by atoms with van der Waals surface area (Å²) < 4.78 is 27.4. The van der Waals surface area contributed by atoms with E-state index in [0.29, 0.717) is 19.5 Å². The molecule has 0 bridgehead atoms. The second-order valence-corrected chi connectivity index (χ2v) is 10.2. The van der Waals surface area contributed by atoms with Crippen molar-refractivity contribution in [3.63, 3.8) is 0 Å². The van der Waals surface area contributed by atoms with E-state index in [-0.39, 0.29) is 17.3 Å². The fourth-order valence-electron chi connectivity index (χ4n) is 3.77. The van der Waals surface area contributed by atoms with Gasteiger partial charge in [0.1, 0.15) is 6.04 Å². The minimum atomic E-state index is -3.90. The molecular formula is C26H31N3O4S. The van der Waals surface area contributed by atoms with Gasteiger partial charge in [0.05, 0.1) is 11.4 Å². The number of benzene rings is 3. The first kappa shape index (κ1) is 25.4. The molecule has 7 nitrogen and oxygen atoms in total. The molecule has 1 atom stereocenters. The van der Waals surface area contributed by atoms with Gasteiger partial charge in [0.25, 0.3) is 0 Å².